The Morgan fingerprint density at radius 1 is 1.26 bits per heavy atom. The molecule has 2 N–H and O–H groups in total. The van der Waals surface area contributed by atoms with Gasteiger partial charge in [0.2, 0.25) is 5.91 Å². The van der Waals surface area contributed by atoms with E-state index in [9.17, 15) is 4.79 Å². The molecule has 3 rings (SSSR count). The van der Waals surface area contributed by atoms with E-state index >= 15 is 0 Å². The van der Waals surface area contributed by atoms with Crippen LogP contribution in [-0.2, 0) is 9.53 Å². The lowest BCUT2D eigenvalue weighted by molar-refractivity contribution is -0.169. The minimum atomic E-state index is 0. The second-order valence-electron chi connectivity index (χ2n) is 8.07. The zero-order valence-electron chi connectivity index (χ0n) is 17.1. The van der Waals surface area contributed by atoms with Gasteiger partial charge in [0.15, 0.2) is 5.96 Å². The monoisotopic (exact) mass is 492 g/mol. The van der Waals surface area contributed by atoms with Gasteiger partial charge in [0.1, 0.15) is 0 Å². The first-order chi connectivity index (χ1) is 12.6. The Hall–Kier alpha value is -0.570. The Balaban J connectivity index is 0.00000261. The van der Waals surface area contributed by atoms with E-state index in [1.807, 2.05) is 0 Å². The molecule has 6 nitrogen and oxygen atoms in total. The maximum Gasteiger partial charge on any atom is 0.220 e. The summed E-state index contributed by atoms with van der Waals surface area (Å²) in [7, 11) is 1.72. The number of likely N-dealkylation sites (tertiary alicyclic amines) is 1. The summed E-state index contributed by atoms with van der Waals surface area (Å²) >= 11 is 0. The first-order valence-electron chi connectivity index (χ1n) is 10.5. The number of aliphatic imine (C=N–C) groups is 1. The minimum Gasteiger partial charge on any atom is -0.378 e. The van der Waals surface area contributed by atoms with Crippen molar-refractivity contribution in [3.63, 3.8) is 0 Å². The largest absolute Gasteiger partial charge is 0.378 e. The zero-order valence-corrected chi connectivity index (χ0v) is 19.5. The molecule has 1 amide bonds. The van der Waals surface area contributed by atoms with E-state index in [0.29, 0.717) is 29.9 Å². The quantitative estimate of drug-likeness (QED) is 0.340. The highest BCUT2D eigenvalue weighted by atomic mass is 127. The molecule has 27 heavy (non-hydrogen) atoms. The minimum absolute atomic E-state index is 0. The zero-order chi connectivity index (χ0) is 18.6. The smallest absolute Gasteiger partial charge is 0.220 e. The maximum absolute atomic E-state index is 11.6. The number of carbonyl (C=O) groups excluding carboxylic acids is 1. The molecule has 1 saturated heterocycles. The van der Waals surface area contributed by atoms with Crippen molar-refractivity contribution < 1.29 is 9.53 Å². The lowest BCUT2D eigenvalue weighted by Gasteiger charge is -2.61. The van der Waals surface area contributed by atoms with E-state index < -0.39 is 0 Å². The molecule has 1 spiro atoms. The van der Waals surface area contributed by atoms with Gasteiger partial charge in [-0.15, -0.1) is 24.0 Å². The summed E-state index contributed by atoms with van der Waals surface area (Å²) < 4.78 is 5.98. The second kappa shape index (κ2) is 10.3. The summed E-state index contributed by atoms with van der Waals surface area (Å²) in [6.45, 7) is 7.79. The van der Waals surface area contributed by atoms with Crippen LogP contribution >= 0.6 is 24.0 Å². The number of piperidine rings is 1. The van der Waals surface area contributed by atoms with E-state index in [2.05, 4.69) is 29.4 Å². The van der Waals surface area contributed by atoms with E-state index in [4.69, 9.17) is 9.73 Å². The average Bonchev–Trinajstić information content (AvgIpc) is 2.59. The van der Waals surface area contributed by atoms with Crippen LogP contribution in [0.3, 0.4) is 0 Å². The molecule has 0 aromatic carbocycles. The van der Waals surface area contributed by atoms with Crippen LogP contribution in [0.2, 0.25) is 0 Å². The number of rotatable bonds is 6. The number of nitrogens with zero attached hydrogens (tertiary/aromatic N) is 2. The average molecular weight is 492 g/mol. The molecule has 3 aliphatic rings. The SMILES string of the molecule is CCN=C(NC1CC(OCC)C12CCC2)N1CCC(CC(=O)NC)CC1.I. The van der Waals surface area contributed by atoms with Crippen LogP contribution in [0, 0.1) is 11.3 Å². The number of hydrogen-bond donors (Lipinski definition) is 2. The van der Waals surface area contributed by atoms with Crippen LogP contribution in [0.5, 0.6) is 0 Å². The number of halogens is 1. The van der Waals surface area contributed by atoms with Crippen LogP contribution in [0.15, 0.2) is 4.99 Å². The van der Waals surface area contributed by atoms with Gasteiger partial charge in [0.05, 0.1) is 6.10 Å². The third-order valence-electron chi connectivity index (χ3n) is 6.72. The summed E-state index contributed by atoms with van der Waals surface area (Å²) in [6, 6.07) is 0.502. The number of nitrogens with one attached hydrogen (secondary N) is 2. The van der Waals surface area contributed by atoms with E-state index in [0.717, 1.165) is 51.5 Å². The van der Waals surface area contributed by atoms with Crippen LogP contribution in [-0.4, -0.2) is 62.2 Å². The molecule has 3 fully saturated rings. The van der Waals surface area contributed by atoms with Gasteiger partial charge >= 0.3 is 0 Å². The van der Waals surface area contributed by atoms with Crippen LogP contribution in [0.4, 0.5) is 0 Å². The van der Waals surface area contributed by atoms with Crippen LogP contribution < -0.4 is 10.6 Å². The third kappa shape index (κ3) is 4.89. The number of ether oxygens (including phenoxy) is 1. The van der Waals surface area contributed by atoms with Crippen molar-refractivity contribution in [2.24, 2.45) is 16.3 Å². The highest BCUT2D eigenvalue weighted by Crippen LogP contribution is 2.57. The second-order valence-corrected chi connectivity index (χ2v) is 8.07. The topological polar surface area (TPSA) is 66.0 Å². The highest BCUT2D eigenvalue weighted by molar-refractivity contribution is 14.0. The summed E-state index contributed by atoms with van der Waals surface area (Å²) in [6.07, 6.45) is 8.20. The normalized spacial score (nSPS) is 27.4. The van der Waals surface area contributed by atoms with Crippen molar-refractivity contribution in [2.75, 3.05) is 33.3 Å². The maximum atomic E-state index is 11.6. The molecule has 0 radical (unpaired) electrons. The van der Waals surface area contributed by atoms with E-state index in [-0.39, 0.29) is 29.9 Å². The Labute approximate surface area is 181 Å². The number of carbonyl (C=O) groups is 1. The van der Waals surface area contributed by atoms with Crippen molar-refractivity contribution in [3.8, 4) is 0 Å². The molecule has 2 saturated carbocycles. The van der Waals surface area contributed by atoms with Crippen LogP contribution in [0.25, 0.3) is 0 Å². The number of amides is 1. The van der Waals surface area contributed by atoms with Crippen molar-refractivity contribution in [3.05, 3.63) is 0 Å². The van der Waals surface area contributed by atoms with E-state index in [1.165, 1.54) is 19.3 Å². The molecule has 2 unspecified atom stereocenters. The van der Waals surface area contributed by atoms with Crippen molar-refractivity contribution in [1.29, 1.82) is 0 Å². The van der Waals surface area contributed by atoms with E-state index in [1.54, 1.807) is 7.05 Å². The van der Waals surface area contributed by atoms with Gasteiger partial charge in [-0.05, 0) is 51.9 Å². The van der Waals surface area contributed by atoms with Gasteiger partial charge in [-0.1, -0.05) is 6.42 Å². The van der Waals surface area contributed by atoms with Gasteiger partial charge in [-0.3, -0.25) is 9.79 Å². The summed E-state index contributed by atoms with van der Waals surface area (Å²) in [5, 5.41) is 6.53. The van der Waals surface area contributed by atoms with Crippen LogP contribution in [0.1, 0.15) is 58.8 Å². The first-order valence-corrected chi connectivity index (χ1v) is 10.5. The van der Waals surface area contributed by atoms with Crippen molar-refractivity contribution in [1.82, 2.24) is 15.5 Å². The molecule has 0 aromatic rings. The lowest BCUT2D eigenvalue weighted by atomic mass is 9.51. The molecular formula is C20H37IN4O2. The molecular weight excluding hydrogens is 455 g/mol. The Bertz CT molecular complexity index is 516. The fourth-order valence-corrected chi connectivity index (χ4v) is 4.90. The fourth-order valence-electron chi connectivity index (χ4n) is 4.90. The molecule has 1 aliphatic heterocycles. The van der Waals surface area contributed by atoms with Gasteiger partial charge in [0, 0.05) is 51.2 Å². The van der Waals surface area contributed by atoms with Crippen molar-refractivity contribution in [2.45, 2.75) is 70.9 Å². The molecule has 0 aromatic heterocycles. The Kier molecular flexibility index (Phi) is 8.65. The molecule has 2 atom stereocenters. The third-order valence-corrected chi connectivity index (χ3v) is 6.72. The highest BCUT2D eigenvalue weighted by Gasteiger charge is 2.59. The molecule has 7 heteroatoms. The van der Waals surface area contributed by atoms with Gasteiger partial charge in [0.25, 0.3) is 0 Å². The number of guanidine groups is 1. The fraction of sp³-hybridized carbons (Fsp3) is 0.900. The first kappa shape index (κ1) is 22.7. The van der Waals surface area contributed by atoms with Gasteiger partial charge in [-0.25, -0.2) is 0 Å². The van der Waals surface area contributed by atoms with Gasteiger partial charge < -0.3 is 20.3 Å². The summed E-state index contributed by atoms with van der Waals surface area (Å²) in [5.74, 6) is 1.72. The van der Waals surface area contributed by atoms with Crippen molar-refractivity contribution >= 4 is 35.8 Å². The van der Waals surface area contributed by atoms with Gasteiger partial charge in [-0.2, -0.15) is 0 Å². The predicted molar refractivity (Wildman–Crippen MR) is 120 cm³/mol. The molecule has 0 bridgehead atoms. The molecule has 2 aliphatic carbocycles. The number of hydrogen-bond acceptors (Lipinski definition) is 3. The summed E-state index contributed by atoms with van der Waals surface area (Å²) in [4.78, 5) is 18.8. The molecule has 156 valence electrons. The lowest BCUT2D eigenvalue weighted by Crippen LogP contribution is -2.69. The summed E-state index contributed by atoms with van der Waals surface area (Å²) in [5.41, 5.74) is 0.349. The predicted octanol–water partition coefficient (Wildman–Crippen LogP) is 2.77. The Morgan fingerprint density at radius 3 is 2.48 bits per heavy atom. The standard InChI is InChI=1S/C20H36N4O2.HI/c1-4-22-19(24-11-7-15(8-12-24)13-18(25)21-3)23-16-14-17(26-5-2)20(16)9-6-10-20;/h15-17H,4-14H2,1-3H3,(H,21,25)(H,22,23);1H. The Morgan fingerprint density at radius 2 is 1.96 bits per heavy atom. The molecule has 1 heterocycles.